The Bertz CT molecular complexity index is 409. The maximum absolute atomic E-state index is 8.62. The zero-order valence-corrected chi connectivity index (χ0v) is 8.91. The van der Waals surface area contributed by atoms with E-state index in [1.165, 1.54) is 0 Å². The van der Waals surface area contributed by atoms with Gasteiger partial charge in [-0.25, -0.2) is 4.98 Å². The number of imidazole rings is 1. The van der Waals surface area contributed by atoms with E-state index in [0.29, 0.717) is 13.0 Å². The topological polar surface area (TPSA) is 47.3 Å². The largest absolute Gasteiger partial charge is 0.494 e. The summed E-state index contributed by atoms with van der Waals surface area (Å²) >= 11 is 0. The fourth-order valence-corrected chi connectivity index (χ4v) is 1.38. The van der Waals surface area contributed by atoms with E-state index in [4.69, 9.17) is 9.84 Å². The molecule has 16 heavy (non-hydrogen) atoms. The van der Waals surface area contributed by atoms with E-state index in [1.807, 2.05) is 35.0 Å². The van der Waals surface area contributed by atoms with Crippen molar-refractivity contribution in [3.8, 4) is 11.4 Å². The van der Waals surface area contributed by atoms with Gasteiger partial charge in [0.25, 0.3) is 0 Å². The van der Waals surface area contributed by atoms with Gasteiger partial charge in [0, 0.05) is 31.1 Å². The Morgan fingerprint density at radius 2 is 2.06 bits per heavy atom. The SMILES string of the molecule is OCCCOc1ccc(-n2ccnc2)cc1. The number of hydrogen-bond donors (Lipinski definition) is 1. The third kappa shape index (κ3) is 2.61. The summed E-state index contributed by atoms with van der Waals surface area (Å²) in [5.41, 5.74) is 1.05. The van der Waals surface area contributed by atoms with Crippen molar-refractivity contribution in [2.75, 3.05) is 13.2 Å². The lowest BCUT2D eigenvalue weighted by Gasteiger charge is -2.06. The van der Waals surface area contributed by atoms with Crippen molar-refractivity contribution < 1.29 is 9.84 Å². The quantitative estimate of drug-likeness (QED) is 0.776. The van der Waals surface area contributed by atoms with Gasteiger partial charge in [0.15, 0.2) is 0 Å². The number of aliphatic hydroxyl groups excluding tert-OH is 1. The molecule has 0 aliphatic heterocycles. The summed E-state index contributed by atoms with van der Waals surface area (Å²) in [7, 11) is 0. The third-order valence-corrected chi connectivity index (χ3v) is 2.21. The molecule has 0 spiro atoms. The summed E-state index contributed by atoms with van der Waals surface area (Å²) in [6, 6.07) is 7.76. The predicted octanol–water partition coefficient (Wildman–Crippen LogP) is 1.63. The summed E-state index contributed by atoms with van der Waals surface area (Å²) < 4.78 is 7.36. The molecule has 0 radical (unpaired) electrons. The van der Waals surface area contributed by atoms with Crippen molar-refractivity contribution in [3.05, 3.63) is 43.0 Å². The molecule has 0 aliphatic rings. The lowest BCUT2D eigenvalue weighted by atomic mass is 10.3. The minimum Gasteiger partial charge on any atom is -0.494 e. The number of benzene rings is 1. The van der Waals surface area contributed by atoms with Crippen LogP contribution in [0.5, 0.6) is 5.75 Å². The second-order valence-electron chi connectivity index (χ2n) is 3.39. The lowest BCUT2D eigenvalue weighted by Crippen LogP contribution is -1.99. The Morgan fingerprint density at radius 1 is 1.25 bits per heavy atom. The predicted molar refractivity (Wildman–Crippen MR) is 60.8 cm³/mol. The molecule has 0 atom stereocenters. The lowest BCUT2D eigenvalue weighted by molar-refractivity contribution is 0.233. The van der Waals surface area contributed by atoms with Crippen molar-refractivity contribution in [2.24, 2.45) is 0 Å². The summed E-state index contributed by atoms with van der Waals surface area (Å²) in [4.78, 5) is 3.99. The molecule has 84 valence electrons. The molecule has 1 aromatic heterocycles. The standard InChI is InChI=1S/C12H14N2O2/c15-8-1-9-16-12-4-2-11(3-5-12)14-7-6-13-10-14/h2-7,10,15H,1,8-9H2. The second kappa shape index (κ2) is 5.32. The van der Waals surface area contributed by atoms with Crippen LogP contribution in [0, 0.1) is 0 Å². The van der Waals surface area contributed by atoms with Crippen molar-refractivity contribution >= 4 is 0 Å². The molecule has 4 nitrogen and oxygen atoms in total. The fraction of sp³-hybridized carbons (Fsp3) is 0.250. The first kappa shape index (κ1) is 10.7. The van der Waals surface area contributed by atoms with Gasteiger partial charge in [-0.2, -0.15) is 0 Å². The highest BCUT2D eigenvalue weighted by molar-refractivity contribution is 5.37. The van der Waals surface area contributed by atoms with Gasteiger partial charge in [-0.15, -0.1) is 0 Å². The molecule has 0 unspecified atom stereocenters. The van der Waals surface area contributed by atoms with Crippen molar-refractivity contribution in [2.45, 2.75) is 6.42 Å². The molecule has 0 amide bonds. The van der Waals surface area contributed by atoms with E-state index in [1.54, 1.807) is 12.5 Å². The van der Waals surface area contributed by atoms with Crippen molar-refractivity contribution in [1.82, 2.24) is 9.55 Å². The number of rotatable bonds is 5. The molecular formula is C12H14N2O2. The maximum Gasteiger partial charge on any atom is 0.119 e. The average molecular weight is 218 g/mol. The number of aromatic nitrogens is 2. The zero-order valence-electron chi connectivity index (χ0n) is 8.91. The molecule has 0 aliphatic carbocycles. The molecule has 0 fully saturated rings. The molecule has 1 heterocycles. The van der Waals surface area contributed by atoms with Gasteiger partial charge in [0.2, 0.25) is 0 Å². The second-order valence-corrected chi connectivity index (χ2v) is 3.39. The van der Waals surface area contributed by atoms with E-state index < -0.39 is 0 Å². The molecule has 1 aromatic carbocycles. The summed E-state index contributed by atoms with van der Waals surface area (Å²) in [5.74, 6) is 0.817. The van der Waals surface area contributed by atoms with Crippen LogP contribution in [0.4, 0.5) is 0 Å². The molecule has 0 saturated heterocycles. The van der Waals surface area contributed by atoms with E-state index in [9.17, 15) is 0 Å². The van der Waals surface area contributed by atoms with Crippen LogP contribution in [0.3, 0.4) is 0 Å². The van der Waals surface area contributed by atoms with E-state index in [0.717, 1.165) is 11.4 Å². The van der Waals surface area contributed by atoms with E-state index in [2.05, 4.69) is 4.98 Å². The number of nitrogens with zero attached hydrogens (tertiary/aromatic N) is 2. The van der Waals surface area contributed by atoms with Gasteiger partial charge in [0.1, 0.15) is 5.75 Å². The summed E-state index contributed by atoms with van der Waals surface area (Å²) in [6.45, 7) is 0.702. The van der Waals surface area contributed by atoms with Gasteiger partial charge in [-0.3, -0.25) is 0 Å². The van der Waals surface area contributed by atoms with Crippen LogP contribution in [-0.2, 0) is 0 Å². The van der Waals surface area contributed by atoms with Crippen LogP contribution in [0.25, 0.3) is 5.69 Å². The van der Waals surface area contributed by atoms with Crippen LogP contribution >= 0.6 is 0 Å². The Labute approximate surface area is 94.1 Å². The Kier molecular flexibility index (Phi) is 3.56. The molecule has 1 N–H and O–H groups in total. The monoisotopic (exact) mass is 218 g/mol. The maximum atomic E-state index is 8.62. The van der Waals surface area contributed by atoms with Gasteiger partial charge in [0.05, 0.1) is 12.9 Å². The highest BCUT2D eigenvalue weighted by Gasteiger charge is 1.96. The molecule has 2 aromatic rings. The minimum absolute atomic E-state index is 0.160. The van der Waals surface area contributed by atoms with Gasteiger partial charge >= 0.3 is 0 Å². The third-order valence-electron chi connectivity index (χ3n) is 2.21. The fourth-order valence-electron chi connectivity index (χ4n) is 1.38. The van der Waals surface area contributed by atoms with Crippen LogP contribution in [0.2, 0.25) is 0 Å². The summed E-state index contributed by atoms with van der Waals surface area (Å²) in [5, 5.41) is 8.62. The molecule has 0 bridgehead atoms. The van der Waals surface area contributed by atoms with Gasteiger partial charge in [-0.05, 0) is 24.3 Å². The first-order valence-electron chi connectivity index (χ1n) is 5.22. The normalized spacial score (nSPS) is 10.3. The average Bonchev–Trinajstić information content (AvgIpc) is 2.84. The van der Waals surface area contributed by atoms with Crippen molar-refractivity contribution in [1.29, 1.82) is 0 Å². The van der Waals surface area contributed by atoms with Crippen LogP contribution in [0.15, 0.2) is 43.0 Å². The Morgan fingerprint density at radius 3 is 2.69 bits per heavy atom. The van der Waals surface area contributed by atoms with E-state index in [-0.39, 0.29) is 6.61 Å². The highest BCUT2D eigenvalue weighted by Crippen LogP contribution is 2.15. The first-order valence-corrected chi connectivity index (χ1v) is 5.22. The molecule has 4 heteroatoms. The number of hydrogen-bond acceptors (Lipinski definition) is 3. The number of ether oxygens (including phenoxy) is 1. The smallest absolute Gasteiger partial charge is 0.119 e. The number of aliphatic hydroxyl groups is 1. The Balaban J connectivity index is 2.00. The van der Waals surface area contributed by atoms with E-state index >= 15 is 0 Å². The molecule has 2 rings (SSSR count). The van der Waals surface area contributed by atoms with Crippen LogP contribution in [-0.4, -0.2) is 27.9 Å². The van der Waals surface area contributed by atoms with Crippen molar-refractivity contribution in [3.63, 3.8) is 0 Å². The van der Waals surface area contributed by atoms with Gasteiger partial charge < -0.3 is 14.4 Å². The minimum atomic E-state index is 0.160. The van der Waals surface area contributed by atoms with Crippen LogP contribution in [0.1, 0.15) is 6.42 Å². The molecular weight excluding hydrogens is 204 g/mol. The Hall–Kier alpha value is -1.81. The summed E-state index contributed by atoms with van der Waals surface area (Å²) in [6.07, 6.45) is 6.04. The van der Waals surface area contributed by atoms with Crippen LogP contribution < -0.4 is 4.74 Å². The van der Waals surface area contributed by atoms with Gasteiger partial charge in [-0.1, -0.05) is 0 Å². The highest BCUT2D eigenvalue weighted by atomic mass is 16.5. The molecule has 0 saturated carbocycles. The zero-order chi connectivity index (χ0) is 11.2. The first-order chi connectivity index (χ1) is 7.90.